The van der Waals surface area contributed by atoms with E-state index in [0.717, 1.165) is 11.8 Å². The number of piperazine rings is 1. The molecule has 1 saturated heterocycles. The maximum Gasteiger partial charge on any atom is 0.433 e. The Bertz CT molecular complexity index is 836. The van der Waals surface area contributed by atoms with Crippen LogP contribution in [0.4, 0.5) is 24.8 Å². The van der Waals surface area contributed by atoms with Crippen LogP contribution in [0.3, 0.4) is 0 Å². The molecule has 2 aromatic heterocycles. The van der Waals surface area contributed by atoms with Gasteiger partial charge in [-0.25, -0.2) is 9.97 Å². The first-order valence-electron chi connectivity index (χ1n) is 9.37. The second-order valence-corrected chi connectivity index (χ2v) is 7.09. The zero-order valence-electron chi connectivity index (χ0n) is 16.3. The summed E-state index contributed by atoms with van der Waals surface area (Å²) in [5.74, 6) is -0.176. The van der Waals surface area contributed by atoms with Crippen LogP contribution in [0.1, 0.15) is 31.2 Å². The molecule has 0 spiro atoms. The van der Waals surface area contributed by atoms with Gasteiger partial charge >= 0.3 is 6.18 Å². The summed E-state index contributed by atoms with van der Waals surface area (Å²) in [5.41, 5.74) is 0.157. The van der Waals surface area contributed by atoms with Gasteiger partial charge in [0.25, 0.3) is 0 Å². The molecule has 1 N–H and O–H groups in total. The van der Waals surface area contributed by atoms with E-state index in [2.05, 4.69) is 20.3 Å². The number of anilines is 2. The minimum Gasteiger partial charge on any atom is -0.375 e. The monoisotopic (exact) mass is 408 g/mol. The molecule has 10 heteroatoms. The molecular formula is C19H23F3N6O. The number of carbonyl (C=O) groups is 1. The molecule has 0 radical (unpaired) electrons. The lowest BCUT2D eigenvalue weighted by molar-refractivity contribution is -0.141. The highest BCUT2D eigenvalue weighted by molar-refractivity contribution is 5.81. The normalized spacial score (nSPS) is 15.0. The third-order valence-electron chi connectivity index (χ3n) is 4.64. The van der Waals surface area contributed by atoms with Gasteiger partial charge in [-0.05, 0) is 24.1 Å². The van der Waals surface area contributed by atoms with Crippen LogP contribution >= 0.6 is 0 Å². The van der Waals surface area contributed by atoms with E-state index in [-0.39, 0.29) is 24.3 Å². The SMILES string of the molecule is CC(C)c1cc(C(F)(F)F)nc(N2CCN(C(=O)CNc3cccnc3)CC2)n1. The first kappa shape index (κ1) is 20.8. The number of alkyl halides is 3. The van der Waals surface area contributed by atoms with Crippen molar-refractivity contribution in [2.45, 2.75) is 25.9 Å². The number of amides is 1. The summed E-state index contributed by atoms with van der Waals surface area (Å²) >= 11 is 0. The average Bonchev–Trinajstić information content (AvgIpc) is 2.72. The maximum absolute atomic E-state index is 13.2. The van der Waals surface area contributed by atoms with Gasteiger partial charge < -0.3 is 15.1 Å². The summed E-state index contributed by atoms with van der Waals surface area (Å²) in [6.45, 7) is 5.24. The van der Waals surface area contributed by atoms with Crippen molar-refractivity contribution < 1.29 is 18.0 Å². The van der Waals surface area contributed by atoms with Crippen molar-refractivity contribution in [1.29, 1.82) is 0 Å². The van der Waals surface area contributed by atoms with Crippen molar-refractivity contribution in [3.05, 3.63) is 42.0 Å². The topological polar surface area (TPSA) is 74.2 Å². The Morgan fingerprint density at radius 2 is 1.93 bits per heavy atom. The summed E-state index contributed by atoms with van der Waals surface area (Å²) in [6, 6.07) is 4.58. The van der Waals surface area contributed by atoms with E-state index in [0.29, 0.717) is 31.9 Å². The number of halogens is 3. The molecule has 0 aliphatic carbocycles. The summed E-state index contributed by atoms with van der Waals surface area (Å²) < 4.78 is 39.6. The van der Waals surface area contributed by atoms with E-state index in [1.807, 2.05) is 6.07 Å². The predicted octanol–water partition coefficient (Wildman–Crippen LogP) is 2.77. The molecular weight excluding hydrogens is 385 g/mol. The fourth-order valence-electron chi connectivity index (χ4n) is 2.95. The molecule has 7 nitrogen and oxygen atoms in total. The molecule has 29 heavy (non-hydrogen) atoms. The number of hydrogen-bond donors (Lipinski definition) is 1. The van der Waals surface area contributed by atoms with E-state index in [1.54, 1.807) is 42.1 Å². The lowest BCUT2D eigenvalue weighted by Crippen LogP contribution is -2.50. The maximum atomic E-state index is 13.2. The zero-order valence-corrected chi connectivity index (χ0v) is 16.3. The average molecular weight is 408 g/mol. The highest BCUT2D eigenvalue weighted by Crippen LogP contribution is 2.30. The summed E-state index contributed by atoms with van der Waals surface area (Å²) in [6.07, 6.45) is -1.26. The number of hydrogen-bond acceptors (Lipinski definition) is 6. The van der Waals surface area contributed by atoms with Crippen LogP contribution in [-0.2, 0) is 11.0 Å². The van der Waals surface area contributed by atoms with Gasteiger partial charge in [0.2, 0.25) is 11.9 Å². The summed E-state index contributed by atoms with van der Waals surface area (Å²) in [7, 11) is 0. The van der Waals surface area contributed by atoms with Gasteiger partial charge in [-0.1, -0.05) is 13.8 Å². The molecule has 0 aromatic carbocycles. The quantitative estimate of drug-likeness (QED) is 0.820. The van der Waals surface area contributed by atoms with Gasteiger partial charge in [-0.15, -0.1) is 0 Å². The Morgan fingerprint density at radius 1 is 1.21 bits per heavy atom. The molecule has 156 valence electrons. The molecule has 2 aromatic rings. The van der Waals surface area contributed by atoms with Crippen LogP contribution in [0.5, 0.6) is 0 Å². The van der Waals surface area contributed by atoms with Gasteiger partial charge in [-0.2, -0.15) is 13.2 Å². The van der Waals surface area contributed by atoms with Crippen molar-refractivity contribution in [3.63, 3.8) is 0 Å². The molecule has 0 atom stereocenters. The van der Waals surface area contributed by atoms with Gasteiger partial charge in [0.05, 0.1) is 12.2 Å². The number of rotatable bonds is 5. The van der Waals surface area contributed by atoms with Crippen LogP contribution in [-0.4, -0.2) is 58.5 Å². The third-order valence-corrected chi connectivity index (χ3v) is 4.64. The lowest BCUT2D eigenvalue weighted by atomic mass is 10.1. The number of pyridine rings is 1. The van der Waals surface area contributed by atoms with E-state index in [9.17, 15) is 18.0 Å². The van der Waals surface area contributed by atoms with Crippen molar-refractivity contribution in [1.82, 2.24) is 19.9 Å². The highest BCUT2D eigenvalue weighted by atomic mass is 19.4. The number of nitrogens with zero attached hydrogens (tertiary/aromatic N) is 5. The minimum atomic E-state index is -4.53. The van der Waals surface area contributed by atoms with Crippen LogP contribution in [0.15, 0.2) is 30.6 Å². The van der Waals surface area contributed by atoms with E-state index >= 15 is 0 Å². The third kappa shape index (κ3) is 5.33. The fourth-order valence-corrected chi connectivity index (χ4v) is 2.95. The summed E-state index contributed by atoms with van der Waals surface area (Å²) in [4.78, 5) is 27.8. The van der Waals surface area contributed by atoms with Crippen LogP contribution in [0.25, 0.3) is 0 Å². The molecule has 1 aliphatic rings. The predicted molar refractivity (Wildman–Crippen MR) is 103 cm³/mol. The molecule has 3 rings (SSSR count). The van der Waals surface area contributed by atoms with Crippen LogP contribution < -0.4 is 10.2 Å². The standard InChI is InChI=1S/C19H23F3N6O/c1-13(2)15-10-16(19(20,21)22)26-18(25-15)28-8-6-27(7-9-28)17(29)12-24-14-4-3-5-23-11-14/h3-5,10-11,13,24H,6-9,12H2,1-2H3. The van der Waals surface area contributed by atoms with Crippen LogP contribution in [0, 0.1) is 0 Å². The van der Waals surface area contributed by atoms with E-state index in [4.69, 9.17) is 0 Å². The van der Waals surface area contributed by atoms with Crippen LogP contribution in [0.2, 0.25) is 0 Å². The second-order valence-electron chi connectivity index (χ2n) is 7.09. The smallest absolute Gasteiger partial charge is 0.375 e. The Morgan fingerprint density at radius 3 is 2.52 bits per heavy atom. The molecule has 1 aliphatic heterocycles. The minimum absolute atomic E-state index is 0.0594. The molecule has 1 amide bonds. The fraction of sp³-hybridized carbons (Fsp3) is 0.474. The number of aromatic nitrogens is 3. The van der Waals surface area contributed by atoms with E-state index < -0.39 is 11.9 Å². The first-order valence-corrected chi connectivity index (χ1v) is 9.37. The van der Waals surface area contributed by atoms with Crippen molar-refractivity contribution in [2.75, 3.05) is 42.9 Å². The van der Waals surface area contributed by atoms with Gasteiger partial charge in [0.15, 0.2) is 0 Å². The van der Waals surface area contributed by atoms with Crippen molar-refractivity contribution in [3.8, 4) is 0 Å². The highest BCUT2D eigenvalue weighted by Gasteiger charge is 2.35. The second kappa shape index (κ2) is 8.62. The Labute approximate surface area is 167 Å². The first-order chi connectivity index (χ1) is 13.7. The zero-order chi connectivity index (χ0) is 21.0. The van der Waals surface area contributed by atoms with Gasteiger partial charge in [-0.3, -0.25) is 9.78 Å². The Kier molecular flexibility index (Phi) is 6.19. The van der Waals surface area contributed by atoms with Crippen molar-refractivity contribution in [2.24, 2.45) is 0 Å². The van der Waals surface area contributed by atoms with Gasteiger partial charge in [0.1, 0.15) is 5.69 Å². The molecule has 0 unspecified atom stereocenters. The Hall–Kier alpha value is -2.91. The molecule has 3 heterocycles. The lowest BCUT2D eigenvalue weighted by Gasteiger charge is -2.35. The Balaban J connectivity index is 1.62. The molecule has 0 bridgehead atoms. The number of carbonyl (C=O) groups excluding carboxylic acids is 1. The largest absolute Gasteiger partial charge is 0.433 e. The summed E-state index contributed by atoms with van der Waals surface area (Å²) in [5, 5.41) is 3.01. The van der Waals surface area contributed by atoms with Gasteiger partial charge in [0, 0.05) is 44.3 Å². The van der Waals surface area contributed by atoms with E-state index in [1.165, 1.54) is 0 Å². The molecule has 1 fully saturated rings. The van der Waals surface area contributed by atoms with Crippen molar-refractivity contribution >= 4 is 17.5 Å². The number of nitrogens with one attached hydrogen (secondary N) is 1. The molecule has 0 saturated carbocycles.